The molecule has 102 valence electrons. The summed E-state index contributed by atoms with van der Waals surface area (Å²) in [6.07, 6.45) is 4.95. The van der Waals surface area contributed by atoms with E-state index in [1.165, 1.54) is 11.3 Å². The highest BCUT2D eigenvalue weighted by Crippen LogP contribution is 2.30. The van der Waals surface area contributed by atoms with E-state index in [4.69, 9.17) is 0 Å². The number of thiophene rings is 1. The molecule has 0 radical (unpaired) electrons. The molecule has 0 aliphatic carbocycles. The Labute approximate surface area is 114 Å². The van der Waals surface area contributed by atoms with E-state index < -0.39 is 10.0 Å². The van der Waals surface area contributed by atoms with Crippen molar-refractivity contribution in [2.75, 3.05) is 6.54 Å². The quantitative estimate of drug-likeness (QED) is 0.852. The first kappa shape index (κ1) is 14.0. The second-order valence-corrected chi connectivity index (χ2v) is 8.03. The Bertz CT molecular complexity index is 493. The summed E-state index contributed by atoms with van der Waals surface area (Å²) < 4.78 is 27.5. The zero-order chi connectivity index (χ0) is 13.2. The van der Waals surface area contributed by atoms with E-state index in [0.29, 0.717) is 10.8 Å². The Balaban J connectivity index is 2.28. The summed E-state index contributed by atoms with van der Waals surface area (Å²) in [6, 6.07) is 3.89. The van der Waals surface area contributed by atoms with Crippen molar-refractivity contribution < 1.29 is 8.42 Å². The van der Waals surface area contributed by atoms with Gasteiger partial charge in [0, 0.05) is 17.5 Å². The summed E-state index contributed by atoms with van der Waals surface area (Å²) >= 11 is 1.42. The molecule has 1 aliphatic rings. The van der Waals surface area contributed by atoms with Gasteiger partial charge in [0.05, 0.1) is 0 Å². The van der Waals surface area contributed by atoms with E-state index in [9.17, 15) is 8.42 Å². The van der Waals surface area contributed by atoms with Gasteiger partial charge >= 0.3 is 0 Å². The van der Waals surface area contributed by atoms with Crippen LogP contribution in [0.25, 0.3) is 0 Å². The highest BCUT2D eigenvalue weighted by Gasteiger charge is 2.33. The molecule has 0 spiro atoms. The third kappa shape index (κ3) is 2.63. The molecule has 0 bridgehead atoms. The zero-order valence-corrected chi connectivity index (χ0v) is 12.7. The van der Waals surface area contributed by atoms with Crippen LogP contribution >= 0.6 is 11.3 Å². The van der Waals surface area contributed by atoms with Crippen LogP contribution in [-0.4, -0.2) is 25.3 Å². The number of nitrogens with zero attached hydrogens (tertiary/aromatic N) is 1. The normalized spacial score (nSPS) is 22.2. The zero-order valence-electron chi connectivity index (χ0n) is 11.1. The number of piperidine rings is 1. The lowest BCUT2D eigenvalue weighted by atomic mass is 10.0. The molecule has 0 N–H and O–H groups in total. The Hall–Kier alpha value is -0.390. The Morgan fingerprint density at radius 3 is 2.72 bits per heavy atom. The largest absolute Gasteiger partial charge is 0.252 e. The second-order valence-electron chi connectivity index (χ2n) is 4.75. The number of hydrogen-bond acceptors (Lipinski definition) is 3. The van der Waals surface area contributed by atoms with Gasteiger partial charge in [-0.05, 0) is 37.8 Å². The van der Waals surface area contributed by atoms with Crippen molar-refractivity contribution in [1.29, 1.82) is 0 Å². The average molecular weight is 287 g/mol. The molecule has 1 unspecified atom stereocenters. The first-order valence-electron chi connectivity index (χ1n) is 6.70. The fourth-order valence-electron chi connectivity index (χ4n) is 2.50. The molecular weight excluding hydrogens is 266 g/mol. The maximum Gasteiger partial charge on any atom is 0.252 e. The lowest BCUT2D eigenvalue weighted by Crippen LogP contribution is -2.42. The van der Waals surface area contributed by atoms with E-state index in [0.717, 1.165) is 37.0 Å². The third-order valence-corrected chi connectivity index (χ3v) is 7.24. The van der Waals surface area contributed by atoms with E-state index in [1.807, 2.05) is 6.07 Å². The van der Waals surface area contributed by atoms with Gasteiger partial charge in [-0.3, -0.25) is 0 Å². The van der Waals surface area contributed by atoms with Crippen LogP contribution in [0.2, 0.25) is 0 Å². The molecule has 18 heavy (non-hydrogen) atoms. The molecule has 1 saturated heterocycles. The summed E-state index contributed by atoms with van der Waals surface area (Å²) in [4.78, 5) is 1.14. The van der Waals surface area contributed by atoms with Crippen LogP contribution in [0, 0.1) is 0 Å². The van der Waals surface area contributed by atoms with Gasteiger partial charge in [-0.2, -0.15) is 4.31 Å². The summed E-state index contributed by atoms with van der Waals surface area (Å²) in [5.41, 5.74) is 0. The maximum atomic E-state index is 12.6. The standard InChI is InChI=1S/C13H21NO2S2/c1-3-11-7-5-6-10-14(11)18(15,16)13-9-8-12(4-2)17-13/h8-9,11H,3-7,10H2,1-2H3. The average Bonchev–Trinajstić information content (AvgIpc) is 2.88. The van der Waals surface area contributed by atoms with Gasteiger partial charge in [-0.25, -0.2) is 8.42 Å². The predicted octanol–water partition coefficient (Wildman–Crippen LogP) is 3.26. The van der Waals surface area contributed by atoms with Crippen LogP contribution in [0.15, 0.2) is 16.3 Å². The maximum absolute atomic E-state index is 12.6. The topological polar surface area (TPSA) is 37.4 Å². The monoisotopic (exact) mass is 287 g/mol. The van der Waals surface area contributed by atoms with Crippen LogP contribution in [-0.2, 0) is 16.4 Å². The van der Waals surface area contributed by atoms with Gasteiger partial charge in [-0.1, -0.05) is 20.3 Å². The van der Waals surface area contributed by atoms with Crippen molar-refractivity contribution in [1.82, 2.24) is 4.31 Å². The van der Waals surface area contributed by atoms with Crippen LogP contribution in [0.1, 0.15) is 44.4 Å². The molecule has 0 saturated carbocycles. The molecule has 1 aromatic rings. The molecule has 1 aromatic heterocycles. The molecule has 2 rings (SSSR count). The molecule has 3 nitrogen and oxygen atoms in total. The van der Waals surface area contributed by atoms with Crippen molar-refractivity contribution in [3.05, 3.63) is 17.0 Å². The minimum absolute atomic E-state index is 0.191. The van der Waals surface area contributed by atoms with E-state index in [1.54, 1.807) is 10.4 Å². The van der Waals surface area contributed by atoms with Crippen LogP contribution in [0.3, 0.4) is 0 Å². The SMILES string of the molecule is CCc1ccc(S(=O)(=O)N2CCCCC2CC)s1. The number of hydrogen-bond donors (Lipinski definition) is 0. The molecule has 1 atom stereocenters. The Morgan fingerprint density at radius 2 is 2.11 bits per heavy atom. The Morgan fingerprint density at radius 1 is 1.33 bits per heavy atom. The van der Waals surface area contributed by atoms with Crippen LogP contribution in [0.5, 0.6) is 0 Å². The fourth-order valence-corrected chi connectivity index (χ4v) is 5.69. The Kier molecular flexibility index (Phi) is 4.45. The lowest BCUT2D eigenvalue weighted by molar-refractivity contribution is 0.247. The van der Waals surface area contributed by atoms with Crippen molar-refractivity contribution in [2.24, 2.45) is 0 Å². The predicted molar refractivity (Wildman–Crippen MR) is 75.5 cm³/mol. The smallest absolute Gasteiger partial charge is 0.206 e. The molecule has 2 heterocycles. The summed E-state index contributed by atoms with van der Waals surface area (Å²) in [7, 11) is -3.26. The molecule has 0 aromatic carbocycles. The van der Waals surface area contributed by atoms with Gasteiger partial charge in [0.1, 0.15) is 4.21 Å². The van der Waals surface area contributed by atoms with E-state index in [-0.39, 0.29) is 6.04 Å². The number of aryl methyl sites for hydroxylation is 1. The molecular formula is C13H21NO2S2. The summed E-state index contributed by atoms with van der Waals surface area (Å²) in [6.45, 7) is 4.81. The molecule has 1 aliphatic heterocycles. The van der Waals surface area contributed by atoms with E-state index in [2.05, 4.69) is 13.8 Å². The van der Waals surface area contributed by atoms with Crippen molar-refractivity contribution >= 4 is 21.4 Å². The minimum atomic E-state index is -3.26. The van der Waals surface area contributed by atoms with E-state index >= 15 is 0 Å². The first-order chi connectivity index (χ1) is 8.59. The number of sulfonamides is 1. The highest BCUT2D eigenvalue weighted by molar-refractivity contribution is 7.91. The van der Waals surface area contributed by atoms with Crippen LogP contribution in [0.4, 0.5) is 0 Å². The highest BCUT2D eigenvalue weighted by atomic mass is 32.2. The first-order valence-corrected chi connectivity index (χ1v) is 8.95. The van der Waals surface area contributed by atoms with Crippen LogP contribution < -0.4 is 0 Å². The van der Waals surface area contributed by atoms with Gasteiger partial charge in [-0.15, -0.1) is 11.3 Å². The molecule has 0 amide bonds. The fraction of sp³-hybridized carbons (Fsp3) is 0.692. The van der Waals surface area contributed by atoms with Gasteiger partial charge < -0.3 is 0 Å². The molecule has 5 heteroatoms. The summed E-state index contributed by atoms with van der Waals surface area (Å²) in [5, 5.41) is 0. The number of rotatable bonds is 4. The lowest BCUT2D eigenvalue weighted by Gasteiger charge is -2.33. The van der Waals surface area contributed by atoms with Crippen molar-refractivity contribution in [3.8, 4) is 0 Å². The minimum Gasteiger partial charge on any atom is -0.206 e. The van der Waals surface area contributed by atoms with Gasteiger partial charge in [0.2, 0.25) is 0 Å². The summed E-state index contributed by atoms with van der Waals surface area (Å²) in [5.74, 6) is 0. The molecule has 1 fully saturated rings. The van der Waals surface area contributed by atoms with Gasteiger partial charge in [0.15, 0.2) is 0 Å². The van der Waals surface area contributed by atoms with Crippen molar-refractivity contribution in [3.63, 3.8) is 0 Å². The second kappa shape index (κ2) is 5.72. The third-order valence-electron chi connectivity index (χ3n) is 3.59. The van der Waals surface area contributed by atoms with Crippen molar-refractivity contribution in [2.45, 2.75) is 56.2 Å². The van der Waals surface area contributed by atoms with Gasteiger partial charge in [0.25, 0.3) is 10.0 Å².